The fourth-order valence-corrected chi connectivity index (χ4v) is 3.51. The van der Waals surface area contributed by atoms with Gasteiger partial charge in [-0.2, -0.15) is 0 Å². The average molecular weight is 266 g/mol. The first-order valence-corrected chi connectivity index (χ1v) is 7.35. The molecule has 2 aliphatic rings. The van der Waals surface area contributed by atoms with E-state index in [1.165, 1.54) is 17.5 Å². The quantitative estimate of drug-likeness (QED) is 0.777. The summed E-state index contributed by atoms with van der Waals surface area (Å²) in [4.78, 5) is 0. The third-order valence-corrected chi connectivity index (χ3v) is 4.40. The summed E-state index contributed by atoms with van der Waals surface area (Å²) in [5.74, 6) is 1.78. The van der Waals surface area contributed by atoms with Crippen molar-refractivity contribution in [1.82, 2.24) is 0 Å². The van der Waals surface area contributed by atoms with Gasteiger partial charge >= 0.3 is 0 Å². The second kappa shape index (κ2) is 4.95. The molecule has 1 fully saturated rings. The molecule has 20 heavy (non-hydrogen) atoms. The summed E-state index contributed by atoms with van der Waals surface area (Å²) in [6.07, 6.45) is 2.19. The molecule has 0 amide bonds. The molecular weight excluding hydrogens is 248 g/mol. The Balaban J connectivity index is 1.84. The predicted molar refractivity (Wildman–Crippen MR) is 77.8 cm³/mol. The first-order valence-electron chi connectivity index (χ1n) is 7.35. The Labute approximate surface area is 119 Å². The molecule has 102 valence electrons. The van der Waals surface area contributed by atoms with E-state index in [-0.39, 0.29) is 6.29 Å². The molecule has 3 atom stereocenters. The lowest BCUT2D eigenvalue weighted by atomic mass is 9.75. The van der Waals surface area contributed by atoms with Gasteiger partial charge in [-0.3, -0.25) is 0 Å². The van der Waals surface area contributed by atoms with E-state index >= 15 is 0 Å². The largest absolute Gasteiger partial charge is 0.464 e. The van der Waals surface area contributed by atoms with Crippen LogP contribution in [0.25, 0.3) is 0 Å². The fourth-order valence-electron chi connectivity index (χ4n) is 3.51. The second-order valence-corrected chi connectivity index (χ2v) is 5.59. The van der Waals surface area contributed by atoms with Crippen molar-refractivity contribution in [2.45, 2.75) is 25.0 Å². The average Bonchev–Trinajstić information content (AvgIpc) is 2.53. The van der Waals surface area contributed by atoms with Gasteiger partial charge in [-0.05, 0) is 24.5 Å². The van der Waals surface area contributed by atoms with Crippen LogP contribution in [0, 0.1) is 5.92 Å². The predicted octanol–water partition coefficient (Wildman–Crippen LogP) is 3.96. The standard InChI is InChI=1S/C18H18O2/c1-2-7-13(8-3-1)17-14-9-4-5-11-16(14)20-18-15(17)10-6-12-19-18/h1-5,7-9,11,15,17-18H,6,10,12H2. The summed E-state index contributed by atoms with van der Waals surface area (Å²) in [6, 6.07) is 19.1. The summed E-state index contributed by atoms with van der Waals surface area (Å²) in [6.45, 7) is 0.810. The Morgan fingerprint density at radius 3 is 2.60 bits per heavy atom. The van der Waals surface area contributed by atoms with Gasteiger partial charge in [-0.25, -0.2) is 0 Å². The topological polar surface area (TPSA) is 18.5 Å². The number of benzene rings is 2. The van der Waals surface area contributed by atoms with Crippen LogP contribution in [0.15, 0.2) is 54.6 Å². The van der Waals surface area contributed by atoms with Gasteiger partial charge in [0.05, 0.1) is 6.61 Å². The maximum absolute atomic E-state index is 6.07. The van der Waals surface area contributed by atoms with Crippen molar-refractivity contribution >= 4 is 0 Å². The van der Waals surface area contributed by atoms with E-state index in [1.54, 1.807) is 0 Å². The smallest absolute Gasteiger partial charge is 0.203 e. The molecule has 2 aliphatic heterocycles. The Bertz CT molecular complexity index is 593. The maximum atomic E-state index is 6.07. The van der Waals surface area contributed by atoms with E-state index in [1.807, 2.05) is 6.07 Å². The molecule has 0 aliphatic carbocycles. The van der Waals surface area contributed by atoms with Crippen molar-refractivity contribution < 1.29 is 9.47 Å². The molecule has 3 unspecified atom stereocenters. The van der Waals surface area contributed by atoms with Crippen molar-refractivity contribution in [2.75, 3.05) is 6.61 Å². The zero-order chi connectivity index (χ0) is 13.4. The molecule has 1 saturated heterocycles. The summed E-state index contributed by atoms with van der Waals surface area (Å²) < 4.78 is 11.9. The minimum atomic E-state index is -0.0937. The zero-order valence-corrected chi connectivity index (χ0v) is 11.4. The van der Waals surface area contributed by atoms with Crippen LogP contribution in [0.4, 0.5) is 0 Å². The van der Waals surface area contributed by atoms with Gasteiger partial charge in [0.2, 0.25) is 6.29 Å². The Morgan fingerprint density at radius 2 is 1.70 bits per heavy atom. The Morgan fingerprint density at radius 1 is 0.900 bits per heavy atom. The van der Waals surface area contributed by atoms with Gasteiger partial charge < -0.3 is 9.47 Å². The molecule has 2 heterocycles. The van der Waals surface area contributed by atoms with Gasteiger partial charge in [0.15, 0.2) is 0 Å². The number of hydrogen-bond acceptors (Lipinski definition) is 2. The molecular formula is C18H18O2. The van der Waals surface area contributed by atoms with Crippen LogP contribution in [-0.4, -0.2) is 12.9 Å². The van der Waals surface area contributed by atoms with Crippen LogP contribution in [0.2, 0.25) is 0 Å². The Hall–Kier alpha value is -1.80. The molecule has 0 N–H and O–H groups in total. The van der Waals surface area contributed by atoms with Crippen molar-refractivity contribution in [2.24, 2.45) is 5.92 Å². The van der Waals surface area contributed by atoms with Crippen molar-refractivity contribution in [3.63, 3.8) is 0 Å². The minimum Gasteiger partial charge on any atom is -0.464 e. The third-order valence-electron chi connectivity index (χ3n) is 4.40. The normalized spacial score (nSPS) is 28.1. The molecule has 0 spiro atoms. The first kappa shape index (κ1) is 12.0. The lowest BCUT2D eigenvalue weighted by molar-refractivity contribution is -0.153. The van der Waals surface area contributed by atoms with Crippen LogP contribution in [0.3, 0.4) is 0 Å². The number of fused-ring (bicyclic) bond motifs is 2. The number of para-hydroxylation sites is 1. The van der Waals surface area contributed by atoms with Gasteiger partial charge in [0.1, 0.15) is 5.75 Å². The molecule has 2 heteroatoms. The third kappa shape index (κ3) is 1.92. The van der Waals surface area contributed by atoms with E-state index in [2.05, 4.69) is 48.5 Å². The molecule has 2 aromatic rings. The number of ether oxygens (including phenoxy) is 2. The summed E-state index contributed by atoms with van der Waals surface area (Å²) in [5, 5.41) is 0. The van der Waals surface area contributed by atoms with E-state index in [4.69, 9.17) is 9.47 Å². The molecule has 0 radical (unpaired) electrons. The van der Waals surface area contributed by atoms with Gasteiger partial charge in [0, 0.05) is 17.4 Å². The van der Waals surface area contributed by atoms with Gasteiger partial charge in [-0.1, -0.05) is 48.5 Å². The maximum Gasteiger partial charge on any atom is 0.203 e. The van der Waals surface area contributed by atoms with Gasteiger partial charge in [-0.15, -0.1) is 0 Å². The lowest BCUT2D eigenvalue weighted by Gasteiger charge is -2.42. The number of rotatable bonds is 1. The molecule has 2 aromatic carbocycles. The summed E-state index contributed by atoms with van der Waals surface area (Å²) >= 11 is 0. The van der Waals surface area contributed by atoms with E-state index < -0.39 is 0 Å². The van der Waals surface area contributed by atoms with Gasteiger partial charge in [0.25, 0.3) is 0 Å². The summed E-state index contributed by atoms with van der Waals surface area (Å²) in [5.41, 5.74) is 2.66. The number of hydrogen-bond donors (Lipinski definition) is 0. The van der Waals surface area contributed by atoms with Crippen LogP contribution >= 0.6 is 0 Å². The monoisotopic (exact) mass is 266 g/mol. The molecule has 0 saturated carbocycles. The highest BCUT2D eigenvalue weighted by molar-refractivity contribution is 5.44. The van der Waals surface area contributed by atoms with Crippen molar-refractivity contribution in [3.8, 4) is 5.75 Å². The second-order valence-electron chi connectivity index (χ2n) is 5.59. The molecule has 0 bridgehead atoms. The minimum absolute atomic E-state index is 0.0937. The SMILES string of the molecule is c1ccc(C2c3ccccc3OC3OCCCC32)cc1. The van der Waals surface area contributed by atoms with E-state index in [0.29, 0.717) is 11.8 Å². The molecule has 4 rings (SSSR count). The highest BCUT2D eigenvalue weighted by atomic mass is 16.7. The van der Waals surface area contributed by atoms with E-state index in [9.17, 15) is 0 Å². The van der Waals surface area contributed by atoms with Crippen LogP contribution < -0.4 is 4.74 Å². The fraction of sp³-hybridized carbons (Fsp3) is 0.333. The highest BCUT2D eigenvalue weighted by Gasteiger charge is 2.41. The van der Waals surface area contributed by atoms with Crippen molar-refractivity contribution in [3.05, 3.63) is 65.7 Å². The lowest BCUT2D eigenvalue weighted by Crippen LogP contribution is -2.41. The van der Waals surface area contributed by atoms with Crippen LogP contribution in [0.1, 0.15) is 29.9 Å². The summed E-state index contributed by atoms with van der Waals surface area (Å²) in [7, 11) is 0. The molecule has 0 aromatic heterocycles. The Kier molecular flexibility index (Phi) is 2.96. The van der Waals surface area contributed by atoms with Crippen LogP contribution in [0.5, 0.6) is 5.75 Å². The van der Waals surface area contributed by atoms with E-state index in [0.717, 1.165) is 18.8 Å². The zero-order valence-electron chi connectivity index (χ0n) is 11.4. The molecule has 2 nitrogen and oxygen atoms in total. The first-order chi connectivity index (χ1) is 9.93. The van der Waals surface area contributed by atoms with Crippen molar-refractivity contribution in [1.29, 1.82) is 0 Å². The van der Waals surface area contributed by atoms with Crippen LogP contribution in [-0.2, 0) is 4.74 Å². The highest BCUT2D eigenvalue weighted by Crippen LogP contribution is 2.47.